The molecule has 0 aromatic carbocycles. The number of rotatable bonds is 37. The van der Waals surface area contributed by atoms with Gasteiger partial charge in [0.1, 0.15) is 0 Å². The molecule has 0 bridgehead atoms. The van der Waals surface area contributed by atoms with Crippen LogP contribution in [0, 0.1) is 17.8 Å². The number of carbonyl (C=O) groups excluding carboxylic acids is 4. The molecular formula is C41H78O8S3Sn. The van der Waals surface area contributed by atoms with Crippen LogP contribution >= 0.6 is 35.3 Å². The van der Waals surface area contributed by atoms with Gasteiger partial charge < -0.3 is 0 Å². The maximum atomic E-state index is 13.3. The Balaban J connectivity index is 5.57. The van der Waals surface area contributed by atoms with E-state index in [9.17, 15) is 19.2 Å². The second kappa shape index (κ2) is 36.1. The molecule has 0 radical (unpaired) electrons. The zero-order valence-corrected chi connectivity index (χ0v) is 40.1. The van der Waals surface area contributed by atoms with Crippen LogP contribution in [0.15, 0.2) is 0 Å². The summed E-state index contributed by atoms with van der Waals surface area (Å²) in [6, 6.07) is 0. The Morgan fingerprint density at radius 2 is 0.830 bits per heavy atom. The van der Waals surface area contributed by atoms with Gasteiger partial charge in [-0.15, -0.1) is 0 Å². The van der Waals surface area contributed by atoms with Gasteiger partial charge in [-0.1, -0.05) is 0 Å². The van der Waals surface area contributed by atoms with Crippen LogP contribution in [0.4, 0.5) is 0 Å². The molecule has 0 aromatic heterocycles. The third-order valence-electron chi connectivity index (χ3n) is 8.57. The fraction of sp³-hybridized carbons (Fsp3) is 0.902. The number of hydrogen-bond acceptors (Lipinski definition) is 11. The summed E-state index contributed by atoms with van der Waals surface area (Å²) in [5.74, 6) is 2.49. The summed E-state index contributed by atoms with van der Waals surface area (Å²) < 4.78 is 23.3. The number of carbonyl (C=O) groups is 4. The van der Waals surface area contributed by atoms with Crippen LogP contribution in [0.2, 0.25) is 4.44 Å². The summed E-state index contributed by atoms with van der Waals surface area (Å²) in [5.41, 5.74) is 0. The molecule has 0 unspecified atom stereocenters. The number of ether oxygens (including phenoxy) is 1. The number of hydrogen-bond donors (Lipinski definition) is 0. The zero-order valence-electron chi connectivity index (χ0n) is 34.8. The molecule has 53 heavy (non-hydrogen) atoms. The molecule has 0 N–H and O–H groups in total. The van der Waals surface area contributed by atoms with Crippen LogP contribution in [0.25, 0.3) is 0 Å². The van der Waals surface area contributed by atoms with E-state index in [-0.39, 0.29) is 28.1 Å². The first-order valence-electron chi connectivity index (χ1n) is 20.9. The molecule has 0 heterocycles. The van der Waals surface area contributed by atoms with E-state index in [1.165, 1.54) is 73.8 Å². The van der Waals surface area contributed by atoms with E-state index in [0.717, 1.165) is 94.3 Å². The molecule has 0 spiro atoms. The summed E-state index contributed by atoms with van der Waals surface area (Å²) in [6.45, 7) is 15.8. The Labute approximate surface area is 343 Å². The molecule has 0 aliphatic carbocycles. The summed E-state index contributed by atoms with van der Waals surface area (Å²) >= 11 is -0.873. The third-order valence-corrected chi connectivity index (χ3v) is 18.7. The molecule has 0 aliphatic heterocycles. The van der Waals surface area contributed by atoms with E-state index < -0.39 is 43.5 Å². The average Bonchev–Trinajstić information content (AvgIpc) is 3.08. The van der Waals surface area contributed by atoms with E-state index in [4.69, 9.17) is 14.0 Å². The number of esters is 1. The number of thioether (sulfide) groups is 3. The van der Waals surface area contributed by atoms with Crippen molar-refractivity contribution in [2.24, 2.45) is 17.8 Å². The summed E-state index contributed by atoms with van der Waals surface area (Å²) in [7, 11) is 0. The second-order valence-corrected chi connectivity index (χ2v) is 25.9. The van der Waals surface area contributed by atoms with E-state index in [2.05, 4.69) is 48.5 Å². The maximum absolute atomic E-state index is 13.3. The topological polar surface area (TPSA) is 105 Å². The normalized spacial score (nSPS) is 11.7. The van der Waals surface area contributed by atoms with Crippen molar-refractivity contribution < 1.29 is 33.1 Å². The second-order valence-electron chi connectivity index (χ2n) is 15.5. The fourth-order valence-corrected chi connectivity index (χ4v) is 15.0. The van der Waals surface area contributed by atoms with Gasteiger partial charge in [-0.3, -0.25) is 0 Å². The Morgan fingerprint density at radius 1 is 0.472 bits per heavy atom. The van der Waals surface area contributed by atoms with Crippen LogP contribution in [0.3, 0.4) is 0 Å². The third kappa shape index (κ3) is 35.9. The molecule has 0 saturated carbocycles. The van der Waals surface area contributed by atoms with E-state index in [0.29, 0.717) is 24.4 Å². The van der Waals surface area contributed by atoms with Crippen molar-refractivity contribution in [2.75, 3.05) is 41.1 Å². The molecule has 0 amide bonds. The monoisotopic (exact) mass is 914 g/mol. The minimum absolute atomic E-state index is 0.0662. The predicted molar refractivity (Wildman–Crippen MR) is 230 cm³/mol. The zero-order chi connectivity index (χ0) is 39.6. The Kier molecular flexibility index (Phi) is 35.9. The molecule has 312 valence electrons. The van der Waals surface area contributed by atoms with Gasteiger partial charge in [0.2, 0.25) is 0 Å². The molecule has 0 aromatic rings. The molecule has 0 rings (SSSR count). The predicted octanol–water partition coefficient (Wildman–Crippen LogP) is 11.7. The molecule has 0 fully saturated rings. The van der Waals surface area contributed by atoms with Crippen molar-refractivity contribution >= 4 is 78.8 Å². The van der Waals surface area contributed by atoms with Gasteiger partial charge in [-0.2, -0.15) is 0 Å². The van der Waals surface area contributed by atoms with Crippen LogP contribution in [-0.4, -0.2) is 84.6 Å². The first-order chi connectivity index (χ1) is 25.4. The molecule has 0 aliphatic rings. The van der Waals surface area contributed by atoms with Crippen molar-refractivity contribution in [2.45, 2.75) is 175 Å². The van der Waals surface area contributed by atoms with E-state index >= 15 is 0 Å². The van der Waals surface area contributed by atoms with E-state index in [1.807, 2.05) is 0 Å². The van der Waals surface area contributed by atoms with Crippen molar-refractivity contribution in [3.8, 4) is 0 Å². The van der Waals surface area contributed by atoms with Crippen molar-refractivity contribution in [3.63, 3.8) is 0 Å². The Morgan fingerprint density at radius 3 is 1.21 bits per heavy atom. The van der Waals surface area contributed by atoms with Gasteiger partial charge in [0.15, 0.2) is 0 Å². The van der Waals surface area contributed by atoms with Crippen molar-refractivity contribution in [1.82, 2.24) is 0 Å². The standard InChI is InChI=1S/C11H21O2.3C10H20O2S.Sn/c1-3-5-6-7-8-9-10-13-11(12)4-2;3*1-9(2)6-4-3-5-7-13-8-10(11)12;/h2-10H2,1H3;3*9H,3-8H2,1-2H3,(H,11,12);/q;;;;+3/p-3. The van der Waals surface area contributed by atoms with Gasteiger partial charge in [-0.05, 0) is 0 Å². The van der Waals surface area contributed by atoms with Gasteiger partial charge in [0.25, 0.3) is 0 Å². The molecule has 12 heteroatoms. The Bertz CT molecular complexity index is 847. The van der Waals surface area contributed by atoms with Crippen molar-refractivity contribution in [1.29, 1.82) is 0 Å². The number of unbranched alkanes of at least 4 members (excludes halogenated alkanes) is 11. The summed E-state index contributed by atoms with van der Waals surface area (Å²) in [6.07, 6.45) is 19.6. The van der Waals surface area contributed by atoms with Crippen LogP contribution in [-0.2, 0) is 33.1 Å². The van der Waals surface area contributed by atoms with Gasteiger partial charge in [0.05, 0.1) is 0 Å². The van der Waals surface area contributed by atoms with Crippen LogP contribution < -0.4 is 0 Å². The summed E-state index contributed by atoms with van der Waals surface area (Å²) in [4.78, 5) is 52.7. The first-order valence-corrected chi connectivity index (χ1v) is 29.9. The fourth-order valence-electron chi connectivity index (χ4n) is 5.49. The molecule has 8 nitrogen and oxygen atoms in total. The SMILES string of the molecule is CCCCCCCCOC(=O)C[CH2][Sn]([O]C(=O)CSCCCCCC(C)C)([O]C(=O)CSCCCCCC(C)C)[O]C(=O)CSCCCCCC(C)C. The van der Waals surface area contributed by atoms with Gasteiger partial charge in [0, 0.05) is 0 Å². The summed E-state index contributed by atoms with van der Waals surface area (Å²) in [5, 5.41) is 0. The van der Waals surface area contributed by atoms with Gasteiger partial charge >= 0.3 is 346 Å². The average molecular weight is 914 g/mol. The van der Waals surface area contributed by atoms with Crippen LogP contribution in [0.5, 0.6) is 0 Å². The van der Waals surface area contributed by atoms with E-state index in [1.54, 1.807) is 0 Å². The Hall–Kier alpha value is -0.271. The van der Waals surface area contributed by atoms with Gasteiger partial charge in [-0.25, -0.2) is 0 Å². The molecule has 0 atom stereocenters. The van der Waals surface area contributed by atoms with Crippen LogP contribution in [0.1, 0.15) is 170 Å². The molecule has 0 saturated heterocycles. The first kappa shape index (κ1) is 52.7. The molecular weight excluding hydrogens is 835 g/mol. The van der Waals surface area contributed by atoms with Crippen molar-refractivity contribution in [3.05, 3.63) is 0 Å². The quantitative estimate of drug-likeness (QED) is 0.0338. The minimum atomic E-state index is -5.29.